The van der Waals surface area contributed by atoms with E-state index in [4.69, 9.17) is 23.8 Å². The number of halogens is 1. The average molecular weight is 409 g/mol. The molecule has 0 radical (unpaired) electrons. The normalized spacial score (nSPS) is 11.7. The number of carbonyl (C=O) groups excluding carboxylic acids is 1. The fourth-order valence-electron chi connectivity index (χ4n) is 2.66. The van der Waals surface area contributed by atoms with Crippen molar-refractivity contribution in [1.82, 2.24) is 20.2 Å². The molecule has 0 aliphatic carbocycles. The van der Waals surface area contributed by atoms with Crippen molar-refractivity contribution >= 4 is 34.9 Å². The maximum Gasteiger partial charge on any atom is 0.305 e. The van der Waals surface area contributed by atoms with E-state index >= 15 is 0 Å². The Morgan fingerprint density at radius 2 is 2.04 bits per heavy atom. The SMILES string of the molecule is COC(=O)CCCCCNC(=S)N[C@@H](c1ccc(Cl)cc1)c1nccn1C. The number of hydrogen-bond donors (Lipinski definition) is 2. The molecule has 0 saturated carbocycles. The zero-order chi connectivity index (χ0) is 19.6. The highest BCUT2D eigenvalue weighted by atomic mass is 35.5. The van der Waals surface area contributed by atoms with Gasteiger partial charge in [-0.1, -0.05) is 30.2 Å². The van der Waals surface area contributed by atoms with Crippen molar-refractivity contribution in [3.63, 3.8) is 0 Å². The lowest BCUT2D eigenvalue weighted by molar-refractivity contribution is -0.140. The lowest BCUT2D eigenvalue weighted by Gasteiger charge is -2.21. The first-order valence-corrected chi connectivity index (χ1v) is 9.63. The van der Waals surface area contributed by atoms with Crippen LogP contribution in [0.15, 0.2) is 36.7 Å². The number of nitrogens with zero attached hydrogens (tertiary/aromatic N) is 2. The van der Waals surface area contributed by atoms with Crippen LogP contribution in [-0.4, -0.2) is 34.3 Å². The molecule has 0 saturated heterocycles. The van der Waals surface area contributed by atoms with Crippen molar-refractivity contribution in [2.75, 3.05) is 13.7 Å². The van der Waals surface area contributed by atoms with Crippen LogP contribution in [0.2, 0.25) is 5.02 Å². The van der Waals surface area contributed by atoms with Crippen molar-refractivity contribution in [3.8, 4) is 0 Å². The quantitative estimate of drug-likeness (QED) is 0.376. The Balaban J connectivity index is 1.88. The van der Waals surface area contributed by atoms with Gasteiger partial charge in [-0.05, 0) is 42.8 Å². The van der Waals surface area contributed by atoms with E-state index in [2.05, 4.69) is 20.4 Å². The Morgan fingerprint density at radius 3 is 2.67 bits per heavy atom. The number of rotatable bonds is 9. The van der Waals surface area contributed by atoms with Crippen molar-refractivity contribution in [1.29, 1.82) is 0 Å². The number of imidazole rings is 1. The number of hydrogen-bond acceptors (Lipinski definition) is 4. The third-order valence-electron chi connectivity index (χ3n) is 4.17. The molecule has 1 aromatic heterocycles. The molecule has 8 heteroatoms. The van der Waals surface area contributed by atoms with Gasteiger partial charge >= 0.3 is 5.97 Å². The summed E-state index contributed by atoms with van der Waals surface area (Å²) < 4.78 is 6.59. The lowest BCUT2D eigenvalue weighted by atomic mass is 10.1. The third kappa shape index (κ3) is 6.84. The summed E-state index contributed by atoms with van der Waals surface area (Å²) in [6.45, 7) is 0.737. The van der Waals surface area contributed by atoms with Crippen LogP contribution in [-0.2, 0) is 16.6 Å². The monoisotopic (exact) mass is 408 g/mol. The number of unbranched alkanes of at least 4 members (excludes halogenated alkanes) is 2. The van der Waals surface area contributed by atoms with Crippen LogP contribution in [0.1, 0.15) is 43.1 Å². The summed E-state index contributed by atoms with van der Waals surface area (Å²) in [4.78, 5) is 15.5. The molecule has 0 aliphatic rings. The predicted molar refractivity (Wildman–Crippen MR) is 111 cm³/mol. The molecular weight excluding hydrogens is 384 g/mol. The van der Waals surface area contributed by atoms with Crippen LogP contribution in [0.25, 0.3) is 0 Å². The van der Waals surface area contributed by atoms with Gasteiger partial charge in [0.2, 0.25) is 0 Å². The van der Waals surface area contributed by atoms with E-state index in [1.165, 1.54) is 7.11 Å². The highest BCUT2D eigenvalue weighted by Gasteiger charge is 2.19. The maximum atomic E-state index is 11.1. The number of nitrogens with one attached hydrogen (secondary N) is 2. The van der Waals surface area contributed by atoms with Crippen molar-refractivity contribution in [2.45, 2.75) is 31.7 Å². The average Bonchev–Trinajstić information content (AvgIpc) is 3.08. The Morgan fingerprint density at radius 1 is 1.30 bits per heavy atom. The molecule has 1 atom stereocenters. The van der Waals surface area contributed by atoms with Gasteiger partial charge in [0.05, 0.1) is 7.11 Å². The van der Waals surface area contributed by atoms with E-state index in [0.717, 1.165) is 37.2 Å². The van der Waals surface area contributed by atoms with Gasteiger partial charge in [-0.15, -0.1) is 0 Å². The van der Waals surface area contributed by atoms with Crippen molar-refractivity contribution in [3.05, 3.63) is 53.1 Å². The van der Waals surface area contributed by atoms with Gasteiger partial charge < -0.3 is 19.9 Å². The highest BCUT2D eigenvalue weighted by molar-refractivity contribution is 7.80. The fraction of sp³-hybridized carbons (Fsp3) is 0.421. The minimum Gasteiger partial charge on any atom is -0.469 e. The first-order chi connectivity index (χ1) is 13.0. The maximum absolute atomic E-state index is 11.1. The van der Waals surface area contributed by atoms with E-state index in [1.54, 1.807) is 6.20 Å². The van der Waals surface area contributed by atoms with E-state index < -0.39 is 0 Å². The van der Waals surface area contributed by atoms with Crippen molar-refractivity contribution < 1.29 is 9.53 Å². The molecule has 0 bridgehead atoms. The van der Waals surface area contributed by atoms with Gasteiger partial charge in [-0.2, -0.15) is 0 Å². The van der Waals surface area contributed by atoms with Crippen LogP contribution in [0.5, 0.6) is 0 Å². The molecule has 0 fully saturated rings. The second kappa shape index (κ2) is 10.9. The summed E-state index contributed by atoms with van der Waals surface area (Å²) in [7, 11) is 3.36. The summed E-state index contributed by atoms with van der Waals surface area (Å²) in [5.41, 5.74) is 1.02. The summed E-state index contributed by atoms with van der Waals surface area (Å²) in [6, 6.07) is 7.45. The second-order valence-electron chi connectivity index (χ2n) is 6.17. The summed E-state index contributed by atoms with van der Waals surface area (Å²) in [5.74, 6) is 0.695. The molecule has 27 heavy (non-hydrogen) atoms. The minimum atomic E-state index is -0.179. The van der Waals surface area contributed by atoms with Gasteiger partial charge in [0.1, 0.15) is 11.9 Å². The molecule has 6 nitrogen and oxygen atoms in total. The topological polar surface area (TPSA) is 68.2 Å². The first-order valence-electron chi connectivity index (χ1n) is 8.85. The molecule has 1 aromatic carbocycles. The van der Waals surface area contributed by atoms with E-state index in [9.17, 15) is 4.79 Å². The number of carbonyl (C=O) groups is 1. The van der Waals surface area contributed by atoms with Gasteiger partial charge in [0.25, 0.3) is 0 Å². The van der Waals surface area contributed by atoms with Gasteiger partial charge in [0.15, 0.2) is 5.11 Å². The number of ether oxygens (including phenoxy) is 1. The Kier molecular flexibility index (Phi) is 8.54. The molecular formula is C19H25ClN4O2S. The van der Waals surface area contributed by atoms with Crippen LogP contribution >= 0.6 is 23.8 Å². The summed E-state index contributed by atoms with van der Waals surface area (Å²) >= 11 is 11.5. The predicted octanol–water partition coefficient (Wildman–Crippen LogP) is 3.36. The minimum absolute atomic E-state index is 0.166. The zero-order valence-corrected chi connectivity index (χ0v) is 17.1. The summed E-state index contributed by atoms with van der Waals surface area (Å²) in [5, 5.41) is 7.80. The van der Waals surface area contributed by atoms with Crippen LogP contribution < -0.4 is 10.6 Å². The number of aryl methyl sites for hydroxylation is 1. The van der Waals surface area contributed by atoms with Crippen LogP contribution in [0.4, 0.5) is 0 Å². The van der Waals surface area contributed by atoms with Gasteiger partial charge in [-0.3, -0.25) is 4.79 Å². The molecule has 2 N–H and O–H groups in total. The van der Waals surface area contributed by atoms with Gasteiger partial charge in [0, 0.05) is 37.4 Å². The molecule has 0 unspecified atom stereocenters. The van der Waals surface area contributed by atoms with Crippen LogP contribution in [0.3, 0.4) is 0 Å². The molecule has 0 amide bonds. The number of esters is 1. The van der Waals surface area contributed by atoms with E-state index in [0.29, 0.717) is 16.6 Å². The zero-order valence-electron chi connectivity index (χ0n) is 15.6. The first kappa shape index (κ1) is 21.2. The summed E-state index contributed by atoms with van der Waals surface area (Å²) in [6.07, 6.45) is 6.79. The molecule has 0 aliphatic heterocycles. The fourth-order valence-corrected chi connectivity index (χ4v) is 3.01. The Hall–Kier alpha value is -2.12. The standard InChI is InChI=1S/C19H25ClN4O2S/c1-24-13-12-21-18(24)17(14-7-9-15(20)10-8-14)23-19(27)22-11-5-3-4-6-16(25)26-2/h7-10,12-13,17H,3-6,11H2,1-2H3,(H2,22,23,27)/t17-/m0/s1. The molecule has 2 rings (SSSR count). The Bertz CT molecular complexity index is 748. The number of thiocarbonyl (C=S) groups is 1. The number of methoxy groups -OCH3 is 1. The van der Waals surface area contributed by atoms with E-state index in [-0.39, 0.29) is 12.0 Å². The van der Waals surface area contributed by atoms with Crippen molar-refractivity contribution in [2.24, 2.45) is 7.05 Å². The molecule has 1 heterocycles. The lowest BCUT2D eigenvalue weighted by Crippen LogP contribution is -2.39. The van der Waals surface area contributed by atoms with Gasteiger partial charge in [-0.25, -0.2) is 4.98 Å². The second-order valence-corrected chi connectivity index (χ2v) is 7.01. The largest absolute Gasteiger partial charge is 0.469 e. The van der Waals surface area contributed by atoms with E-state index in [1.807, 2.05) is 42.1 Å². The Labute approximate surface area is 170 Å². The number of aromatic nitrogens is 2. The molecule has 146 valence electrons. The molecule has 2 aromatic rings. The third-order valence-corrected chi connectivity index (χ3v) is 4.68. The van der Waals surface area contributed by atoms with Crippen LogP contribution in [0, 0.1) is 0 Å². The highest BCUT2D eigenvalue weighted by Crippen LogP contribution is 2.22. The number of benzene rings is 1. The smallest absolute Gasteiger partial charge is 0.305 e. The molecule has 0 spiro atoms.